The molecule has 0 saturated carbocycles. The number of nitrogens with zero attached hydrogens (tertiary/aromatic N) is 2. The lowest BCUT2D eigenvalue weighted by Gasteiger charge is -2.24. The first-order valence-electron chi connectivity index (χ1n) is 7.95. The molecule has 1 N–H and O–H groups in total. The van der Waals surface area contributed by atoms with E-state index in [-0.39, 0.29) is 5.97 Å². The van der Waals surface area contributed by atoms with Gasteiger partial charge in [0.15, 0.2) is 0 Å². The largest absolute Gasteiger partial charge is 0.462 e. The second-order valence-electron chi connectivity index (χ2n) is 6.43. The number of hydrogen-bond acceptors (Lipinski definition) is 5. The van der Waals surface area contributed by atoms with Crippen molar-refractivity contribution in [1.82, 2.24) is 4.98 Å². The maximum Gasteiger partial charge on any atom is 0.341 e. The lowest BCUT2D eigenvalue weighted by molar-refractivity contribution is 0.0526. The minimum atomic E-state index is -0.745. The van der Waals surface area contributed by atoms with Gasteiger partial charge < -0.3 is 14.7 Å². The molecular weight excluding hydrogens is 292 g/mol. The molecule has 0 radical (unpaired) electrons. The van der Waals surface area contributed by atoms with E-state index in [1.807, 2.05) is 32.0 Å². The van der Waals surface area contributed by atoms with E-state index in [2.05, 4.69) is 9.88 Å². The molecule has 0 aliphatic carbocycles. The molecule has 2 heterocycles. The van der Waals surface area contributed by atoms with Crippen molar-refractivity contribution in [3.05, 3.63) is 35.5 Å². The Hall–Kier alpha value is -2.14. The number of ether oxygens (including phenoxy) is 1. The molecule has 1 aromatic heterocycles. The number of aliphatic hydroxyl groups is 1. The SMILES string of the molecule is CCOC(=O)c1cnc2ccc(C)cc2c1N1CCC(C)(O)C1. The highest BCUT2D eigenvalue weighted by molar-refractivity contribution is 6.05. The van der Waals surface area contributed by atoms with Gasteiger partial charge in [0.1, 0.15) is 5.56 Å². The van der Waals surface area contributed by atoms with E-state index in [9.17, 15) is 9.90 Å². The molecule has 1 unspecified atom stereocenters. The first kappa shape index (κ1) is 15.7. The van der Waals surface area contributed by atoms with Gasteiger partial charge in [-0.1, -0.05) is 11.6 Å². The van der Waals surface area contributed by atoms with Crippen LogP contribution in [0.15, 0.2) is 24.4 Å². The molecule has 1 atom stereocenters. The van der Waals surface area contributed by atoms with Crippen molar-refractivity contribution in [3.63, 3.8) is 0 Å². The second kappa shape index (κ2) is 5.81. The van der Waals surface area contributed by atoms with Crippen LogP contribution < -0.4 is 4.90 Å². The number of pyridine rings is 1. The topological polar surface area (TPSA) is 62.7 Å². The van der Waals surface area contributed by atoms with Crippen LogP contribution in [0.1, 0.15) is 36.2 Å². The monoisotopic (exact) mass is 314 g/mol. The van der Waals surface area contributed by atoms with Gasteiger partial charge in [-0.25, -0.2) is 4.79 Å². The first-order chi connectivity index (χ1) is 10.9. The van der Waals surface area contributed by atoms with Crippen LogP contribution in [0.2, 0.25) is 0 Å². The van der Waals surface area contributed by atoms with Crippen molar-refractivity contribution in [3.8, 4) is 0 Å². The van der Waals surface area contributed by atoms with E-state index in [0.717, 1.165) is 22.2 Å². The van der Waals surface area contributed by atoms with Crippen molar-refractivity contribution in [2.24, 2.45) is 0 Å². The lowest BCUT2D eigenvalue weighted by atomic mass is 10.1. The van der Waals surface area contributed by atoms with Gasteiger partial charge in [-0.05, 0) is 39.3 Å². The highest BCUT2D eigenvalue weighted by Crippen LogP contribution is 2.35. The van der Waals surface area contributed by atoms with E-state index < -0.39 is 5.60 Å². The Kier molecular flexibility index (Phi) is 3.98. The van der Waals surface area contributed by atoms with Gasteiger partial charge in [-0.2, -0.15) is 0 Å². The molecule has 5 heteroatoms. The zero-order valence-electron chi connectivity index (χ0n) is 13.8. The summed E-state index contributed by atoms with van der Waals surface area (Å²) in [5.41, 5.74) is 2.47. The number of anilines is 1. The summed E-state index contributed by atoms with van der Waals surface area (Å²) >= 11 is 0. The minimum Gasteiger partial charge on any atom is -0.462 e. The Morgan fingerprint density at radius 1 is 1.48 bits per heavy atom. The summed E-state index contributed by atoms with van der Waals surface area (Å²) in [4.78, 5) is 18.8. The van der Waals surface area contributed by atoms with E-state index in [0.29, 0.717) is 31.7 Å². The zero-order chi connectivity index (χ0) is 16.6. The van der Waals surface area contributed by atoms with Crippen LogP contribution in [0.25, 0.3) is 10.9 Å². The third-order valence-electron chi connectivity index (χ3n) is 4.26. The van der Waals surface area contributed by atoms with Crippen LogP contribution in [-0.2, 0) is 4.74 Å². The van der Waals surface area contributed by atoms with E-state index in [1.54, 1.807) is 13.1 Å². The summed E-state index contributed by atoms with van der Waals surface area (Å²) in [6.45, 7) is 7.14. The molecule has 5 nitrogen and oxygen atoms in total. The number of rotatable bonds is 3. The van der Waals surface area contributed by atoms with Gasteiger partial charge in [0, 0.05) is 24.7 Å². The van der Waals surface area contributed by atoms with Crippen LogP contribution in [0.4, 0.5) is 5.69 Å². The molecule has 1 saturated heterocycles. The molecule has 1 aromatic carbocycles. The number of aryl methyl sites for hydroxylation is 1. The Bertz CT molecular complexity index is 755. The fourth-order valence-corrected chi connectivity index (χ4v) is 3.13. The lowest BCUT2D eigenvalue weighted by Crippen LogP contribution is -2.30. The van der Waals surface area contributed by atoms with Gasteiger partial charge in [0.2, 0.25) is 0 Å². The minimum absolute atomic E-state index is 0.321. The summed E-state index contributed by atoms with van der Waals surface area (Å²) in [7, 11) is 0. The van der Waals surface area contributed by atoms with Crippen LogP contribution >= 0.6 is 0 Å². The van der Waals surface area contributed by atoms with E-state index in [4.69, 9.17) is 4.74 Å². The highest BCUT2D eigenvalue weighted by Gasteiger charge is 2.34. The number of carbonyl (C=O) groups is 1. The number of β-amino-alcohol motifs (C(OH)–C–C–N with tert-alkyl or cyclic N) is 1. The van der Waals surface area contributed by atoms with Crippen molar-refractivity contribution >= 4 is 22.6 Å². The fourth-order valence-electron chi connectivity index (χ4n) is 3.13. The van der Waals surface area contributed by atoms with Gasteiger partial charge in [0.25, 0.3) is 0 Å². The summed E-state index contributed by atoms with van der Waals surface area (Å²) < 4.78 is 5.19. The molecule has 1 fully saturated rings. The van der Waals surface area contributed by atoms with Crippen molar-refractivity contribution in [1.29, 1.82) is 0 Å². The molecule has 3 rings (SSSR count). The van der Waals surface area contributed by atoms with Crippen molar-refractivity contribution in [2.75, 3.05) is 24.6 Å². The maximum atomic E-state index is 12.4. The third-order valence-corrected chi connectivity index (χ3v) is 4.26. The zero-order valence-corrected chi connectivity index (χ0v) is 13.8. The fraction of sp³-hybridized carbons (Fsp3) is 0.444. The molecule has 1 aliphatic rings. The van der Waals surface area contributed by atoms with Crippen LogP contribution in [0.5, 0.6) is 0 Å². The molecule has 0 bridgehead atoms. The summed E-state index contributed by atoms with van der Waals surface area (Å²) in [6.07, 6.45) is 2.25. The summed E-state index contributed by atoms with van der Waals surface area (Å²) in [5.74, 6) is -0.370. The maximum absolute atomic E-state index is 12.4. The molecular formula is C18H22N2O3. The van der Waals surface area contributed by atoms with Crippen LogP contribution in [0, 0.1) is 6.92 Å². The van der Waals surface area contributed by atoms with Crippen molar-refractivity contribution in [2.45, 2.75) is 32.8 Å². The quantitative estimate of drug-likeness (QED) is 0.883. The molecule has 2 aromatic rings. The highest BCUT2D eigenvalue weighted by atomic mass is 16.5. The van der Waals surface area contributed by atoms with Gasteiger partial charge in [0.05, 0.1) is 23.4 Å². The molecule has 122 valence electrons. The molecule has 23 heavy (non-hydrogen) atoms. The first-order valence-corrected chi connectivity index (χ1v) is 7.95. The Morgan fingerprint density at radius 3 is 2.91 bits per heavy atom. The van der Waals surface area contributed by atoms with E-state index in [1.165, 1.54) is 0 Å². The predicted octanol–water partition coefficient (Wildman–Crippen LogP) is 2.68. The van der Waals surface area contributed by atoms with E-state index >= 15 is 0 Å². The smallest absolute Gasteiger partial charge is 0.341 e. The Balaban J connectivity index is 2.19. The molecule has 1 aliphatic heterocycles. The Morgan fingerprint density at radius 2 is 2.26 bits per heavy atom. The van der Waals surface area contributed by atoms with Crippen LogP contribution in [0.3, 0.4) is 0 Å². The van der Waals surface area contributed by atoms with Crippen LogP contribution in [-0.4, -0.2) is 41.4 Å². The average molecular weight is 314 g/mol. The van der Waals surface area contributed by atoms with Gasteiger partial charge in [-0.3, -0.25) is 4.98 Å². The number of esters is 1. The van der Waals surface area contributed by atoms with Gasteiger partial charge >= 0.3 is 5.97 Å². The third kappa shape index (κ3) is 3.01. The number of fused-ring (bicyclic) bond motifs is 1. The second-order valence-corrected chi connectivity index (χ2v) is 6.43. The van der Waals surface area contributed by atoms with Gasteiger partial charge in [-0.15, -0.1) is 0 Å². The summed E-state index contributed by atoms with van der Waals surface area (Å²) in [6, 6.07) is 5.99. The predicted molar refractivity (Wildman–Crippen MR) is 89.9 cm³/mol. The Labute approximate surface area is 135 Å². The standard InChI is InChI=1S/C18H22N2O3/c1-4-23-17(21)14-10-19-15-6-5-12(2)9-13(15)16(14)20-8-7-18(3,22)11-20/h5-6,9-10,22H,4,7-8,11H2,1-3H3. The number of hydrogen-bond donors (Lipinski definition) is 1. The summed E-state index contributed by atoms with van der Waals surface area (Å²) in [5, 5.41) is 11.2. The van der Waals surface area contributed by atoms with Crippen molar-refractivity contribution < 1.29 is 14.6 Å². The number of carbonyl (C=O) groups excluding carboxylic acids is 1. The average Bonchev–Trinajstić information content (AvgIpc) is 2.86. The number of aromatic nitrogens is 1. The number of benzene rings is 1. The molecule has 0 spiro atoms. The molecule has 0 amide bonds. The normalized spacial score (nSPS) is 21.0.